The van der Waals surface area contributed by atoms with Crippen LogP contribution in [0.4, 0.5) is 5.69 Å². The number of nitrogens with one attached hydrogen (secondary N) is 1. The molecule has 0 aliphatic heterocycles. The predicted octanol–water partition coefficient (Wildman–Crippen LogP) is 6.05. The van der Waals surface area contributed by atoms with Gasteiger partial charge in [0.15, 0.2) is 0 Å². The zero-order chi connectivity index (χ0) is 22.7. The van der Waals surface area contributed by atoms with Crippen molar-refractivity contribution < 1.29 is 9.90 Å². The van der Waals surface area contributed by atoms with Crippen LogP contribution in [0.15, 0.2) is 72.9 Å². The molecule has 2 aromatic heterocycles. The van der Waals surface area contributed by atoms with Gasteiger partial charge in [-0.05, 0) is 56.5 Å². The summed E-state index contributed by atoms with van der Waals surface area (Å²) in [5.74, 6) is -0.798. The van der Waals surface area contributed by atoms with Crippen LogP contribution >= 0.6 is 0 Å². The highest BCUT2D eigenvalue weighted by Crippen LogP contribution is 2.35. The van der Waals surface area contributed by atoms with Gasteiger partial charge in [-0.1, -0.05) is 42.5 Å². The average molecular weight is 426 g/mol. The number of aliphatic carboxylic acids is 1. The summed E-state index contributed by atoms with van der Waals surface area (Å²) in [7, 11) is 1.90. The minimum absolute atomic E-state index is 0.502. The van der Waals surface area contributed by atoms with Gasteiger partial charge >= 0.3 is 5.97 Å². The maximum absolute atomic E-state index is 11.6. The lowest BCUT2D eigenvalue weighted by molar-refractivity contribution is -0.147. The molecule has 5 nitrogen and oxygen atoms in total. The van der Waals surface area contributed by atoms with Crippen LogP contribution in [-0.2, 0) is 11.2 Å². The molecule has 5 heteroatoms. The molecule has 0 aliphatic rings. The third-order valence-electron chi connectivity index (χ3n) is 5.92. The maximum Gasteiger partial charge on any atom is 0.309 e. The lowest BCUT2D eigenvalue weighted by Gasteiger charge is -2.19. The standard InChI is InChI=1S/C27H27N3O2/c1-27(2,26(31)32)15-13-23-22-17-21(18-7-5-4-6-8-18)25(30-24(22)14-16-29-23)19-9-11-20(28-3)12-10-19/h4-12,14,16-17,28H,13,15H2,1-3H3,(H,31,32). The monoisotopic (exact) mass is 425 g/mol. The average Bonchev–Trinajstić information content (AvgIpc) is 2.82. The van der Waals surface area contributed by atoms with Crippen LogP contribution in [0.25, 0.3) is 33.3 Å². The molecule has 0 fully saturated rings. The number of nitrogens with zero attached hydrogens (tertiary/aromatic N) is 2. The van der Waals surface area contributed by atoms with Crippen molar-refractivity contribution >= 4 is 22.6 Å². The summed E-state index contributed by atoms with van der Waals surface area (Å²) < 4.78 is 0. The Morgan fingerprint density at radius 3 is 2.38 bits per heavy atom. The molecule has 2 aromatic carbocycles. The highest BCUT2D eigenvalue weighted by Gasteiger charge is 2.27. The van der Waals surface area contributed by atoms with Crippen molar-refractivity contribution in [3.05, 3.63) is 78.6 Å². The van der Waals surface area contributed by atoms with Crippen LogP contribution in [0.5, 0.6) is 0 Å². The number of pyridine rings is 2. The van der Waals surface area contributed by atoms with E-state index in [0.717, 1.165) is 44.7 Å². The first-order chi connectivity index (χ1) is 15.4. The van der Waals surface area contributed by atoms with E-state index >= 15 is 0 Å². The van der Waals surface area contributed by atoms with Crippen LogP contribution in [-0.4, -0.2) is 28.1 Å². The fourth-order valence-electron chi connectivity index (χ4n) is 3.74. The fraction of sp³-hybridized carbons (Fsp3) is 0.222. The maximum atomic E-state index is 11.6. The van der Waals surface area contributed by atoms with Gasteiger partial charge in [0.2, 0.25) is 0 Å². The summed E-state index contributed by atoms with van der Waals surface area (Å²) in [5, 5.41) is 13.6. The summed E-state index contributed by atoms with van der Waals surface area (Å²) in [6.45, 7) is 3.50. The van der Waals surface area contributed by atoms with Crippen LogP contribution in [0.3, 0.4) is 0 Å². The van der Waals surface area contributed by atoms with E-state index in [1.807, 2.05) is 43.4 Å². The Kier molecular flexibility index (Phi) is 5.91. The molecule has 0 radical (unpaired) electrons. The summed E-state index contributed by atoms with van der Waals surface area (Å²) >= 11 is 0. The molecule has 0 amide bonds. The lowest BCUT2D eigenvalue weighted by atomic mass is 9.86. The molecule has 0 bridgehead atoms. The Morgan fingerprint density at radius 1 is 1.00 bits per heavy atom. The van der Waals surface area contributed by atoms with E-state index < -0.39 is 11.4 Å². The second-order valence-corrected chi connectivity index (χ2v) is 8.59. The van der Waals surface area contributed by atoms with Gasteiger partial charge in [-0.25, -0.2) is 4.98 Å². The van der Waals surface area contributed by atoms with E-state index in [4.69, 9.17) is 4.98 Å². The van der Waals surface area contributed by atoms with Crippen molar-refractivity contribution in [2.24, 2.45) is 5.41 Å². The molecule has 4 aromatic rings. The summed E-state index contributed by atoms with van der Waals surface area (Å²) in [6.07, 6.45) is 2.83. The molecule has 0 unspecified atom stereocenters. The number of fused-ring (bicyclic) bond motifs is 1. The summed E-state index contributed by atoms with van der Waals surface area (Å²) in [4.78, 5) is 21.2. The van der Waals surface area contributed by atoms with E-state index in [1.165, 1.54) is 0 Å². The van der Waals surface area contributed by atoms with Crippen molar-refractivity contribution in [2.75, 3.05) is 12.4 Å². The van der Waals surface area contributed by atoms with E-state index in [1.54, 1.807) is 20.0 Å². The number of benzene rings is 2. The molecular weight excluding hydrogens is 398 g/mol. The molecular formula is C27H27N3O2. The number of hydrogen-bond acceptors (Lipinski definition) is 4. The second kappa shape index (κ2) is 8.79. The minimum Gasteiger partial charge on any atom is -0.481 e. The van der Waals surface area contributed by atoms with Gasteiger partial charge in [0.1, 0.15) is 0 Å². The first kappa shape index (κ1) is 21.5. The Hall–Kier alpha value is -3.73. The Morgan fingerprint density at radius 2 is 1.72 bits per heavy atom. The Labute approximate surface area is 188 Å². The van der Waals surface area contributed by atoms with Gasteiger partial charge in [0, 0.05) is 41.1 Å². The van der Waals surface area contributed by atoms with Crippen LogP contribution in [0.2, 0.25) is 0 Å². The largest absolute Gasteiger partial charge is 0.481 e. The van der Waals surface area contributed by atoms with Crippen molar-refractivity contribution in [1.82, 2.24) is 9.97 Å². The summed E-state index contributed by atoms with van der Waals surface area (Å²) in [5.41, 5.74) is 6.02. The normalized spacial score (nSPS) is 11.5. The SMILES string of the molecule is CNc1ccc(-c2nc3ccnc(CCC(C)(C)C(=O)O)c3cc2-c2ccccc2)cc1. The number of aromatic nitrogens is 2. The first-order valence-electron chi connectivity index (χ1n) is 10.7. The minimum atomic E-state index is -0.811. The quantitative estimate of drug-likeness (QED) is 0.377. The van der Waals surface area contributed by atoms with Gasteiger partial charge in [0.25, 0.3) is 0 Å². The van der Waals surface area contributed by atoms with Crippen molar-refractivity contribution in [1.29, 1.82) is 0 Å². The van der Waals surface area contributed by atoms with E-state index in [9.17, 15) is 9.90 Å². The molecule has 0 atom stereocenters. The van der Waals surface area contributed by atoms with Gasteiger partial charge in [-0.3, -0.25) is 9.78 Å². The van der Waals surface area contributed by atoms with Gasteiger partial charge in [-0.2, -0.15) is 0 Å². The molecule has 32 heavy (non-hydrogen) atoms. The van der Waals surface area contributed by atoms with Gasteiger partial charge in [0.05, 0.1) is 16.6 Å². The first-order valence-corrected chi connectivity index (χ1v) is 10.7. The second-order valence-electron chi connectivity index (χ2n) is 8.59. The van der Waals surface area contributed by atoms with Crippen LogP contribution in [0, 0.1) is 5.41 Å². The molecule has 162 valence electrons. The van der Waals surface area contributed by atoms with Gasteiger partial charge in [-0.15, -0.1) is 0 Å². The Balaban J connectivity index is 1.86. The number of aryl methyl sites for hydroxylation is 1. The molecule has 0 spiro atoms. The predicted molar refractivity (Wildman–Crippen MR) is 130 cm³/mol. The smallest absolute Gasteiger partial charge is 0.309 e. The van der Waals surface area contributed by atoms with E-state index in [-0.39, 0.29) is 0 Å². The molecule has 0 saturated heterocycles. The van der Waals surface area contributed by atoms with Crippen LogP contribution < -0.4 is 5.32 Å². The van der Waals surface area contributed by atoms with E-state index in [0.29, 0.717) is 12.8 Å². The molecule has 4 rings (SSSR count). The number of carbonyl (C=O) groups is 1. The zero-order valence-corrected chi connectivity index (χ0v) is 18.6. The molecule has 2 N–H and O–H groups in total. The van der Waals surface area contributed by atoms with Gasteiger partial charge < -0.3 is 10.4 Å². The number of rotatable bonds is 7. The summed E-state index contributed by atoms with van der Waals surface area (Å²) in [6, 6.07) is 22.5. The number of anilines is 1. The molecule has 0 saturated carbocycles. The van der Waals surface area contributed by atoms with Crippen molar-refractivity contribution in [2.45, 2.75) is 26.7 Å². The van der Waals surface area contributed by atoms with E-state index in [2.05, 4.69) is 40.6 Å². The van der Waals surface area contributed by atoms with Crippen molar-refractivity contribution in [3.8, 4) is 22.4 Å². The molecule has 2 heterocycles. The lowest BCUT2D eigenvalue weighted by Crippen LogP contribution is -2.24. The number of carboxylic acid groups (broad SMARTS) is 1. The zero-order valence-electron chi connectivity index (χ0n) is 18.6. The number of hydrogen-bond donors (Lipinski definition) is 2. The van der Waals surface area contributed by atoms with Crippen LogP contribution in [0.1, 0.15) is 26.0 Å². The topological polar surface area (TPSA) is 75.1 Å². The highest BCUT2D eigenvalue weighted by molar-refractivity contribution is 5.92. The molecule has 0 aliphatic carbocycles. The third kappa shape index (κ3) is 4.33. The van der Waals surface area contributed by atoms with Crippen molar-refractivity contribution in [3.63, 3.8) is 0 Å². The highest BCUT2D eigenvalue weighted by atomic mass is 16.4. The number of carboxylic acids is 1. The fourth-order valence-corrected chi connectivity index (χ4v) is 3.74. The third-order valence-corrected chi connectivity index (χ3v) is 5.92. The Bertz CT molecular complexity index is 1250.